The van der Waals surface area contributed by atoms with Gasteiger partial charge in [0.1, 0.15) is 12.2 Å². The molecule has 1 aliphatic heterocycles. The average molecular weight is 1730 g/mol. The van der Waals surface area contributed by atoms with Gasteiger partial charge in [-0.25, -0.2) is 0 Å². The van der Waals surface area contributed by atoms with Crippen LogP contribution in [0.15, 0.2) is 23.8 Å². The number of rotatable bonds is 7. The minimum atomic E-state index is -0.899. The van der Waals surface area contributed by atoms with E-state index in [-0.39, 0.29) is 24.7 Å². The van der Waals surface area contributed by atoms with Gasteiger partial charge in [0, 0.05) is 0 Å². The summed E-state index contributed by atoms with van der Waals surface area (Å²) in [4.78, 5) is 0. The van der Waals surface area contributed by atoms with Crippen molar-refractivity contribution in [2.24, 2.45) is 52.3 Å². The fourth-order valence-corrected chi connectivity index (χ4v) is 16.0. The summed E-state index contributed by atoms with van der Waals surface area (Å²) in [5.74, 6) is 4.89. The van der Waals surface area contributed by atoms with Gasteiger partial charge in [0.25, 0.3) is 0 Å². The number of hydrogen-bond donors (Lipinski definition) is 1. The summed E-state index contributed by atoms with van der Waals surface area (Å²) in [6.07, 6.45) is 16.9. The topological polar surface area (TPSA) is 297 Å². The minimum Gasteiger partial charge on any atom is -0.388 e. The first-order chi connectivity index (χ1) is 59.2. The second-order valence-corrected chi connectivity index (χ2v) is 31.3. The predicted molar refractivity (Wildman–Crippen MR) is 451 cm³/mol. The third kappa shape index (κ3) is 53.9. The second-order valence-electron chi connectivity index (χ2n) is 31.3. The van der Waals surface area contributed by atoms with Crippen molar-refractivity contribution in [1.29, 1.82) is 0 Å². The van der Waals surface area contributed by atoms with Crippen molar-refractivity contribution >= 4 is 0 Å². The van der Waals surface area contributed by atoms with Crippen LogP contribution in [0.25, 0.3) is 0 Å². The first-order valence-corrected chi connectivity index (χ1v) is 45.6. The van der Waals surface area contributed by atoms with Crippen LogP contribution in [0, 0.1) is 52.3 Å². The van der Waals surface area contributed by atoms with E-state index in [9.17, 15) is 5.11 Å². The Morgan fingerprint density at radius 2 is 0.583 bits per heavy atom. The summed E-state index contributed by atoms with van der Waals surface area (Å²) in [7, 11) is 0. The molecular weight excluding hydrogens is 1560 g/mol. The summed E-state index contributed by atoms with van der Waals surface area (Å²) >= 11 is 0. The normalized spacial score (nSPS) is 30.7. The molecule has 31 heteroatoms. The molecule has 11 atom stereocenters. The van der Waals surface area contributed by atoms with Gasteiger partial charge in [-0.3, -0.25) is 0 Å². The minimum absolute atomic E-state index is 0.0220. The first-order valence-electron chi connectivity index (χ1n) is 45.6. The molecule has 120 heavy (non-hydrogen) atoms. The zero-order valence-corrected chi connectivity index (χ0v) is 75.1. The number of fused-ring (bicyclic) bond motifs is 5. The van der Waals surface area contributed by atoms with Gasteiger partial charge < -0.3 is 147 Å². The number of hydrogen-bond acceptors (Lipinski definition) is 31. The number of aliphatic hydroxyl groups is 1. The van der Waals surface area contributed by atoms with Crippen molar-refractivity contribution in [3.8, 4) is 0 Å². The highest BCUT2D eigenvalue weighted by atomic mass is 16.6. The van der Waals surface area contributed by atoms with Gasteiger partial charge in [0.05, 0.1) is 389 Å². The summed E-state index contributed by atoms with van der Waals surface area (Å²) in [5.41, 5.74) is 2.12. The van der Waals surface area contributed by atoms with Crippen LogP contribution in [0.1, 0.15) is 99.3 Å². The maximum Gasteiger partial charge on any atom is 0.109 e. The smallest absolute Gasteiger partial charge is 0.109 e. The lowest BCUT2D eigenvalue weighted by Crippen LogP contribution is -2.51. The van der Waals surface area contributed by atoms with E-state index in [1.165, 1.54) is 32.1 Å². The van der Waals surface area contributed by atoms with E-state index >= 15 is 0 Å². The molecule has 5 aliphatic rings. The summed E-state index contributed by atoms with van der Waals surface area (Å²) in [6.45, 7) is 40.8. The fourth-order valence-electron chi connectivity index (χ4n) is 16.0. The van der Waals surface area contributed by atoms with Crippen LogP contribution in [0.2, 0.25) is 0 Å². The van der Waals surface area contributed by atoms with Gasteiger partial charge in [-0.2, -0.15) is 0 Å². The molecule has 708 valence electrons. The largest absolute Gasteiger partial charge is 0.388 e. The molecule has 4 fully saturated rings. The van der Waals surface area contributed by atoms with Crippen LogP contribution >= 0.6 is 0 Å². The van der Waals surface area contributed by atoms with E-state index in [1.54, 1.807) is 5.57 Å². The van der Waals surface area contributed by atoms with Crippen molar-refractivity contribution in [1.82, 2.24) is 0 Å². The Balaban J connectivity index is 0.903. The lowest BCUT2D eigenvalue weighted by molar-refractivity contribution is -0.142. The van der Waals surface area contributed by atoms with Gasteiger partial charge in [-0.05, 0) is 110 Å². The zero-order valence-electron chi connectivity index (χ0n) is 75.1. The molecule has 31 nitrogen and oxygen atoms in total. The molecule has 0 aromatic rings. The van der Waals surface area contributed by atoms with Crippen LogP contribution in [-0.2, 0) is 142 Å². The SMILES string of the molecule is CC[C@H](C=C[C@@H](C)[C@H]1CC[C@H]2[C@@H]3CC=C4CC(OC5COCCOCCOCCOCCOCCOCCOCCOCCOCCOCCOCCOCCOCCOCCOCCOCCOCCOCCOCCOCCOCCOCCOCCOCCOCCOCCOCCOCCOCC5O)CC[C@]4(C)[C@H]3CC[C@]12C)C(C)C. The lowest BCUT2D eigenvalue weighted by atomic mass is 9.47. The van der Waals surface area contributed by atoms with Gasteiger partial charge >= 0.3 is 0 Å². The number of allylic oxidation sites excluding steroid dienone is 3. The Morgan fingerprint density at radius 1 is 0.325 bits per heavy atom. The number of aliphatic hydroxyl groups excluding tert-OH is 1. The van der Waals surface area contributed by atoms with Crippen LogP contribution in [-0.4, -0.2) is 407 Å². The molecule has 3 saturated carbocycles. The molecule has 1 N–H and O–H groups in total. The molecule has 1 saturated heterocycles. The van der Waals surface area contributed by atoms with Crippen LogP contribution in [0.4, 0.5) is 0 Å². The van der Waals surface area contributed by atoms with Crippen LogP contribution < -0.4 is 0 Å². The molecule has 0 spiro atoms. The number of ether oxygens (including phenoxy) is 30. The lowest BCUT2D eigenvalue weighted by Gasteiger charge is -2.58. The van der Waals surface area contributed by atoms with E-state index in [0.717, 1.165) is 43.4 Å². The van der Waals surface area contributed by atoms with Crippen molar-refractivity contribution in [3.05, 3.63) is 23.8 Å². The average Bonchev–Trinajstić information content (AvgIpc) is 1.44. The summed E-state index contributed by atoms with van der Waals surface area (Å²) in [5, 5.41) is 11.7. The Kier molecular flexibility index (Phi) is 70.0. The maximum atomic E-state index is 11.7. The van der Waals surface area contributed by atoms with Gasteiger partial charge in [-0.15, -0.1) is 0 Å². The van der Waals surface area contributed by atoms with Crippen LogP contribution in [0.5, 0.6) is 0 Å². The molecule has 0 aromatic heterocycles. The molecule has 0 radical (unpaired) electrons. The maximum absolute atomic E-state index is 11.7. The molecular formula is C89H166O31. The van der Waals surface area contributed by atoms with Gasteiger partial charge in [0.15, 0.2) is 0 Å². The molecule has 0 amide bonds. The molecule has 1 heterocycles. The highest BCUT2D eigenvalue weighted by Gasteiger charge is 2.59. The predicted octanol–water partition coefficient (Wildman–Crippen LogP) is 8.05. The molecule has 5 rings (SSSR count). The fraction of sp³-hybridized carbons (Fsp3) is 0.955. The van der Waals surface area contributed by atoms with Crippen molar-refractivity contribution in [2.45, 2.75) is 118 Å². The zero-order chi connectivity index (χ0) is 85.1. The van der Waals surface area contributed by atoms with E-state index in [2.05, 4.69) is 59.8 Å². The summed E-state index contributed by atoms with van der Waals surface area (Å²) in [6, 6.07) is 0. The standard InChI is InChI=1S/C89H166O31/c1-7-79(77(2)3)9-8-78(4)83-12-13-84-82-11-10-80-74-81(14-16-88(80,5)85(82)15-17-89(83,84)6)120-87-76-119-73-71-117-69-67-115-65-63-113-61-59-111-57-55-109-53-51-107-49-47-105-45-43-103-41-39-101-37-35-99-33-31-97-29-27-95-25-23-93-21-19-91-18-20-92-22-24-94-26-28-96-30-32-98-34-36-100-38-40-102-42-44-104-46-48-106-50-52-108-54-56-110-58-60-112-62-64-114-66-68-116-70-72-118-75-86(87)90/h8-10,77-79,81-87,90H,7,11-76H2,1-6H3/t78-,79-,81?,82+,83-,84+,85+,86?,87?,88+,89-/m1/s1. The molecule has 4 aliphatic carbocycles. The quantitative estimate of drug-likeness (QED) is 0.236. The van der Waals surface area contributed by atoms with E-state index in [4.69, 9.17) is 142 Å². The first kappa shape index (κ1) is 109. The van der Waals surface area contributed by atoms with Crippen LogP contribution in [0.3, 0.4) is 0 Å². The van der Waals surface area contributed by atoms with Crippen molar-refractivity contribution in [3.63, 3.8) is 0 Å². The monoisotopic (exact) mass is 1730 g/mol. The molecule has 0 bridgehead atoms. The highest BCUT2D eigenvalue weighted by Crippen LogP contribution is 2.67. The third-order valence-electron chi connectivity index (χ3n) is 22.5. The van der Waals surface area contributed by atoms with E-state index < -0.39 is 12.2 Å². The second kappa shape index (κ2) is 77.2. The van der Waals surface area contributed by atoms with E-state index in [0.29, 0.717) is 399 Å². The Morgan fingerprint density at radius 3 is 0.842 bits per heavy atom. The molecule has 0 aromatic carbocycles. The summed E-state index contributed by atoms with van der Waals surface area (Å²) < 4.78 is 171. The van der Waals surface area contributed by atoms with Gasteiger partial charge in [-0.1, -0.05) is 65.3 Å². The van der Waals surface area contributed by atoms with Crippen molar-refractivity contribution in [2.75, 3.05) is 383 Å². The third-order valence-corrected chi connectivity index (χ3v) is 22.5. The highest BCUT2D eigenvalue weighted by molar-refractivity contribution is 5.26. The Bertz CT molecular complexity index is 2290. The van der Waals surface area contributed by atoms with E-state index in [1.807, 2.05) is 0 Å². The molecule has 3 unspecified atom stereocenters. The Labute approximate surface area is 721 Å². The Hall–Kier alpha value is -1.76. The van der Waals surface area contributed by atoms with Gasteiger partial charge in [0.2, 0.25) is 0 Å². The van der Waals surface area contributed by atoms with Crippen molar-refractivity contribution < 1.29 is 147 Å².